The first-order valence-electron chi connectivity index (χ1n) is 9.15. The van der Waals surface area contributed by atoms with Crippen molar-refractivity contribution in [2.24, 2.45) is 4.99 Å². The van der Waals surface area contributed by atoms with Gasteiger partial charge in [-0.1, -0.05) is 29.4 Å². The van der Waals surface area contributed by atoms with E-state index in [9.17, 15) is 13.2 Å². The van der Waals surface area contributed by atoms with E-state index in [-0.39, 0.29) is 29.4 Å². The van der Waals surface area contributed by atoms with Gasteiger partial charge in [-0.05, 0) is 36.4 Å². The second kappa shape index (κ2) is 8.49. The molecule has 2 atom stereocenters. The Kier molecular flexibility index (Phi) is 5.95. The molecule has 2 heterocycles. The van der Waals surface area contributed by atoms with E-state index >= 15 is 0 Å². The smallest absolute Gasteiger partial charge is 0.285 e. The van der Waals surface area contributed by atoms with Gasteiger partial charge in [0.2, 0.25) is 0 Å². The molecule has 0 saturated carbocycles. The number of fused-ring (bicyclic) bond motifs is 1. The lowest BCUT2D eigenvalue weighted by Crippen LogP contribution is -2.37. The van der Waals surface area contributed by atoms with Crippen LogP contribution in [-0.4, -0.2) is 56.0 Å². The fraction of sp³-hybridized carbons (Fsp3) is 0.300. The van der Waals surface area contributed by atoms with Gasteiger partial charge in [-0.25, -0.2) is 8.42 Å². The van der Waals surface area contributed by atoms with Crippen molar-refractivity contribution in [1.29, 1.82) is 0 Å². The molecule has 2 aliphatic rings. The summed E-state index contributed by atoms with van der Waals surface area (Å²) in [6, 6.07) is 13.7. The highest BCUT2D eigenvalue weighted by Gasteiger charge is 2.49. The number of halogens is 1. The maximum atomic E-state index is 12.5. The fourth-order valence-corrected chi connectivity index (χ4v) is 7.50. The number of sulfone groups is 1. The zero-order valence-corrected chi connectivity index (χ0v) is 18.4. The van der Waals surface area contributed by atoms with E-state index in [2.05, 4.69) is 4.99 Å². The van der Waals surface area contributed by atoms with Crippen LogP contribution in [0.25, 0.3) is 0 Å². The van der Waals surface area contributed by atoms with Crippen LogP contribution in [0, 0.1) is 0 Å². The zero-order chi connectivity index (χ0) is 21.3. The van der Waals surface area contributed by atoms with Gasteiger partial charge in [-0.3, -0.25) is 4.79 Å². The highest BCUT2D eigenvalue weighted by atomic mass is 35.5. The summed E-state index contributed by atoms with van der Waals surface area (Å²) in [4.78, 5) is 18.5. The van der Waals surface area contributed by atoms with E-state index in [1.54, 1.807) is 43.5 Å². The lowest BCUT2D eigenvalue weighted by Gasteiger charge is -2.24. The molecule has 7 nitrogen and oxygen atoms in total. The number of anilines is 1. The summed E-state index contributed by atoms with van der Waals surface area (Å²) in [6.07, 6.45) is 0. The molecule has 2 aliphatic heterocycles. The predicted molar refractivity (Wildman–Crippen MR) is 119 cm³/mol. The van der Waals surface area contributed by atoms with Crippen molar-refractivity contribution < 1.29 is 22.7 Å². The molecule has 10 heteroatoms. The van der Waals surface area contributed by atoms with Gasteiger partial charge in [0, 0.05) is 22.0 Å². The number of ether oxygens (including phenoxy) is 2. The van der Waals surface area contributed by atoms with Gasteiger partial charge in [0.25, 0.3) is 5.91 Å². The van der Waals surface area contributed by atoms with Crippen LogP contribution in [0.15, 0.2) is 53.5 Å². The second-order valence-electron chi connectivity index (χ2n) is 6.90. The molecule has 2 fully saturated rings. The largest absolute Gasteiger partial charge is 0.497 e. The number of hydrogen-bond acceptors (Lipinski definition) is 6. The minimum absolute atomic E-state index is 0.0242. The topological polar surface area (TPSA) is 85.3 Å². The van der Waals surface area contributed by atoms with Crippen molar-refractivity contribution in [2.75, 3.05) is 30.1 Å². The van der Waals surface area contributed by atoms with Gasteiger partial charge in [0.15, 0.2) is 21.6 Å². The second-order valence-corrected chi connectivity index (χ2v) is 10.7. The molecule has 158 valence electrons. The number of benzene rings is 2. The van der Waals surface area contributed by atoms with Crippen molar-refractivity contribution in [3.05, 3.63) is 53.6 Å². The van der Waals surface area contributed by atoms with E-state index in [1.165, 1.54) is 11.8 Å². The number of amides is 1. The Morgan fingerprint density at radius 2 is 1.97 bits per heavy atom. The lowest BCUT2D eigenvalue weighted by atomic mass is 10.2. The maximum absolute atomic E-state index is 12.5. The number of carbonyl (C=O) groups excluding carboxylic acids is 1. The molecule has 0 aromatic heterocycles. The van der Waals surface area contributed by atoms with E-state index in [1.807, 2.05) is 17.0 Å². The number of hydrogen-bond donors (Lipinski definition) is 0. The lowest BCUT2D eigenvalue weighted by molar-refractivity contribution is -0.119. The van der Waals surface area contributed by atoms with Crippen LogP contribution in [0.5, 0.6) is 11.5 Å². The van der Waals surface area contributed by atoms with Crippen LogP contribution in [0.4, 0.5) is 5.69 Å². The molecule has 2 saturated heterocycles. The molecular formula is C20H19ClN2O5S2. The number of rotatable bonds is 5. The van der Waals surface area contributed by atoms with Crippen molar-refractivity contribution in [3.8, 4) is 11.5 Å². The molecule has 0 aliphatic carbocycles. The predicted octanol–water partition coefficient (Wildman–Crippen LogP) is 3.03. The molecule has 4 rings (SSSR count). The highest BCUT2D eigenvalue weighted by molar-refractivity contribution is 8.16. The molecule has 0 unspecified atom stereocenters. The summed E-state index contributed by atoms with van der Waals surface area (Å²) in [5, 5.41) is 0.870. The van der Waals surface area contributed by atoms with E-state index in [4.69, 9.17) is 21.1 Å². The quantitative estimate of drug-likeness (QED) is 0.669. The van der Waals surface area contributed by atoms with E-state index < -0.39 is 15.7 Å². The minimum atomic E-state index is -3.13. The SMILES string of the molecule is COc1cccc(N2C(=NC(=O)COc3ccc(Cl)cc3)S[C@@H]3CS(=O)(=O)C[C@H]32)c1. The van der Waals surface area contributed by atoms with Crippen LogP contribution >= 0.6 is 23.4 Å². The first-order chi connectivity index (χ1) is 14.3. The van der Waals surface area contributed by atoms with E-state index in [0.29, 0.717) is 21.7 Å². The third kappa shape index (κ3) is 4.58. The van der Waals surface area contributed by atoms with E-state index in [0.717, 1.165) is 5.69 Å². The van der Waals surface area contributed by atoms with Gasteiger partial charge in [-0.15, -0.1) is 0 Å². The zero-order valence-electron chi connectivity index (χ0n) is 16.0. The summed E-state index contributed by atoms with van der Waals surface area (Å²) in [5.74, 6) is 0.787. The number of amidine groups is 1. The number of carbonyl (C=O) groups is 1. The Balaban J connectivity index is 1.57. The van der Waals surface area contributed by atoms with Crippen molar-refractivity contribution in [2.45, 2.75) is 11.3 Å². The highest BCUT2D eigenvalue weighted by Crippen LogP contribution is 2.41. The van der Waals surface area contributed by atoms with Gasteiger partial charge in [0.1, 0.15) is 11.5 Å². The van der Waals surface area contributed by atoms with Crippen LogP contribution in [0.2, 0.25) is 5.02 Å². The summed E-state index contributed by atoms with van der Waals surface area (Å²) in [6.45, 7) is -0.231. The van der Waals surface area contributed by atoms with Gasteiger partial charge in [-0.2, -0.15) is 4.99 Å². The number of nitrogens with zero attached hydrogens (tertiary/aromatic N) is 2. The molecular weight excluding hydrogens is 448 g/mol. The van der Waals surface area contributed by atoms with Crippen molar-refractivity contribution >= 4 is 50.0 Å². The van der Waals surface area contributed by atoms with Gasteiger partial charge < -0.3 is 14.4 Å². The van der Waals surface area contributed by atoms with Crippen molar-refractivity contribution in [1.82, 2.24) is 0 Å². The number of methoxy groups -OCH3 is 1. The molecule has 2 aromatic carbocycles. The Hall–Kier alpha value is -2.23. The molecule has 2 aromatic rings. The van der Waals surface area contributed by atoms with Crippen LogP contribution in [0.1, 0.15) is 0 Å². The average molecular weight is 467 g/mol. The molecule has 0 radical (unpaired) electrons. The Bertz CT molecular complexity index is 1090. The van der Waals surface area contributed by atoms with Crippen LogP contribution < -0.4 is 14.4 Å². The standard InChI is InChI=1S/C20H19ClN2O5S2/c1-27-16-4-2-3-14(9-16)23-17-11-30(25,26)12-18(17)29-20(23)22-19(24)10-28-15-7-5-13(21)6-8-15/h2-9,17-18H,10-12H2,1H3/t17-,18-/m1/s1. The Labute approximate surface area is 183 Å². The molecule has 0 spiro atoms. The summed E-state index contributed by atoms with van der Waals surface area (Å²) in [5.41, 5.74) is 0.733. The molecule has 0 bridgehead atoms. The monoisotopic (exact) mass is 466 g/mol. The number of thioether (sulfide) groups is 1. The van der Waals surface area contributed by atoms with Crippen molar-refractivity contribution in [3.63, 3.8) is 0 Å². The summed E-state index contributed by atoms with van der Waals surface area (Å²) < 4.78 is 35.1. The minimum Gasteiger partial charge on any atom is -0.497 e. The first-order valence-corrected chi connectivity index (χ1v) is 12.2. The average Bonchev–Trinajstić information content (AvgIpc) is 3.18. The van der Waals surface area contributed by atoms with Gasteiger partial charge >= 0.3 is 0 Å². The fourth-order valence-electron chi connectivity index (χ4n) is 3.44. The Morgan fingerprint density at radius 3 is 2.70 bits per heavy atom. The molecule has 0 N–H and O–H groups in total. The van der Waals surface area contributed by atoms with Crippen LogP contribution in [-0.2, 0) is 14.6 Å². The summed E-state index contributed by atoms with van der Waals surface area (Å²) in [7, 11) is -1.57. The Morgan fingerprint density at radius 1 is 1.20 bits per heavy atom. The maximum Gasteiger partial charge on any atom is 0.285 e. The molecule has 1 amide bonds. The third-order valence-electron chi connectivity index (χ3n) is 4.79. The summed E-state index contributed by atoms with van der Waals surface area (Å²) >= 11 is 7.16. The number of aliphatic imine (C=N–C) groups is 1. The first kappa shape index (κ1) is 21.0. The van der Waals surface area contributed by atoms with Crippen LogP contribution in [0.3, 0.4) is 0 Å². The normalized spacial score (nSPS) is 23.4. The molecule has 30 heavy (non-hydrogen) atoms. The third-order valence-corrected chi connectivity index (χ3v) is 8.26. The van der Waals surface area contributed by atoms with Gasteiger partial charge in [0.05, 0.1) is 24.7 Å².